The number of nitrogens with two attached hydrogens (primary N) is 1. The molecular weight excluding hydrogens is 575 g/mol. The van der Waals surface area contributed by atoms with Gasteiger partial charge in [0.2, 0.25) is 5.82 Å². The first-order valence-electron chi connectivity index (χ1n) is 14.2. The number of allylic oxidation sites excluding steroid dienone is 1. The van der Waals surface area contributed by atoms with E-state index in [4.69, 9.17) is 20.3 Å². The molecule has 1 atom stereocenters. The zero-order valence-electron chi connectivity index (χ0n) is 23.5. The molecule has 2 fully saturated rings. The molecule has 0 aliphatic carbocycles. The number of hydrogen-bond acceptors (Lipinski definition) is 8. The maximum atomic E-state index is 15.5. The minimum atomic E-state index is -1.19. The molecule has 4 aromatic rings. The number of nitriles is 1. The minimum Gasteiger partial charge on any atom is -0.454 e. The number of piperidine rings is 1. The summed E-state index contributed by atoms with van der Waals surface area (Å²) in [5.41, 5.74) is 6.95. The molecule has 0 spiro atoms. The molecule has 44 heavy (non-hydrogen) atoms. The van der Waals surface area contributed by atoms with E-state index in [1.165, 1.54) is 30.6 Å². The normalized spacial score (nSPS) is 17.9. The molecule has 13 heteroatoms. The molecule has 2 saturated heterocycles. The van der Waals surface area contributed by atoms with E-state index < -0.39 is 17.5 Å². The molecular formula is C31H28F3N7O3. The molecule has 0 radical (unpaired) electrons. The van der Waals surface area contributed by atoms with Gasteiger partial charge in [-0.25, -0.2) is 23.4 Å². The molecule has 0 bridgehead atoms. The summed E-state index contributed by atoms with van der Waals surface area (Å²) < 4.78 is 55.6. The standard InChI is InChI=1S/C31H28F3N7O3/c32-23-4-1-5-25(27(23)34)44-21-6-7-22(24(33)14-21)28-26-29(36)37-17-38-30(26)41(39-28)20-3-2-10-40(16-20)31(42)19(15-35)13-18-8-11-43-12-9-18/h1,4-7,13-14,17-18,20H,2-3,8-12,16H2,(H2,36,37,38)/b19-13+/t20-/m0/s1. The number of carbonyl (C=O) groups excluding carboxylic acids is 1. The lowest BCUT2D eigenvalue weighted by atomic mass is 9.96. The van der Waals surface area contributed by atoms with Gasteiger partial charge in [0, 0.05) is 37.9 Å². The Bertz CT molecular complexity index is 1800. The Morgan fingerprint density at radius 1 is 1.11 bits per heavy atom. The van der Waals surface area contributed by atoms with Gasteiger partial charge in [0.25, 0.3) is 5.91 Å². The van der Waals surface area contributed by atoms with Gasteiger partial charge in [-0.15, -0.1) is 0 Å². The molecule has 1 amide bonds. The highest BCUT2D eigenvalue weighted by molar-refractivity contribution is 5.99. The molecule has 2 aromatic heterocycles. The van der Waals surface area contributed by atoms with Gasteiger partial charge in [-0.3, -0.25) is 4.79 Å². The second kappa shape index (κ2) is 12.3. The molecule has 2 aliphatic heterocycles. The average molecular weight is 604 g/mol. The van der Waals surface area contributed by atoms with Gasteiger partial charge in [-0.05, 0) is 55.9 Å². The van der Waals surface area contributed by atoms with Crippen molar-refractivity contribution in [1.82, 2.24) is 24.6 Å². The monoisotopic (exact) mass is 603 g/mol. The summed E-state index contributed by atoms with van der Waals surface area (Å²) in [6, 6.07) is 9.06. The van der Waals surface area contributed by atoms with Crippen molar-refractivity contribution in [2.75, 3.05) is 32.0 Å². The maximum Gasteiger partial charge on any atom is 0.264 e. The maximum absolute atomic E-state index is 15.5. The summed E-state index contributed by atoms with van der Waals surface area (Å²) in [7, 11) is 0. The number of fused-ring (bicyclic) bond motifs is 1. The first-order chi connectivity index (χ1) is 21.3. The summed E-state index contributed by atoms with van der Waals surface area (Å²) in [6.45, 7) is 1.94. The Morgan fingerprint density at radius 2 is 1.93 bits per heavy atom. The van der Waals surface area contributed by atoms with Crippen molar-refractivity contribution < 1.29 is 27.4 Å². The number of rotatable bonds is 6. The van der Waals surface area contributed by atoms with E-state index in [-0.39, 0.29) is 58.6 Å². The quantitative estimate of drug-likeness (QED) is 0.231. The number of ether oxygens (including phenoxy) is 2. The van der Waals surface area contributed by atoms with Gasteiger partial charge in [0.15, 0.2) is 17.2 Å². The van der Waals surface area contributed by atoms with Crippen LogP contribution >= 0.6 is 0 Å². The van der Waals surface area contributed by atoms with Crippen LogP contribution in [0.5, 0.6) is 11.5 Å². The van der Waals surface area contributed by atoms with Crippen LogP contribution in [0.1, 0.15) is 31.7 Å². The first kappa shape index (κ1) is 29.1. The summed E-state index contributed by atoms with van der Waals surface area (Å²) in [5.74, 6) is -3.60. The highest BCUT2D eigenvalue weighted by Gasteiger charge is 2.31. The zero-order chi connectivity index (χ0) is 30.8. The van der Waals surface area contributed by atoms with Gasteiger partial charge in [-0.2, -0.15) is 14.8 Å². The van der Waals surface area contributed by atoms with Crippen molar-refractivity contribution in [2.24, 2.45) is 5.92 Å². The minimum absolute atomic E-state index is 0.0488. The fraction of sp³-hybridized carbons (Fsp3) is 0.323. The molecule has 2 aromatic carbocycles. The number of benzene rings is 2. The predicted octanol–water partition coefficient (Wildman–Crippen LogP) is 5.33. The molecule has 10 nitrogen and oxygen atoms in total. The van der Waals surface area contributed by atoms with Crippen LogP contribution in [0.15, 0.2) is 54.4 Å². The van der Waals surface area contributed by atoms with E-state index in [1.54, 1.807) is 15.7 Å². The summed E-state index contributed by atoms with van der Waals surface area (Å²) in [6.07, 6.45) is 5.87. The van der Waals surface area contributed by atoms with Crippen LogP contribution in [-0.2, 0) is 9.53 Å². The fourth-order valence-corrected chi connectivity index (χ4v) is 5.66. The summed E-state index contributed by atoms with van der Waals surface area (Å²) in [5, 5.41) is 14.8. The van der Waals surface area contributed by atoms with Crippen LogP contribution in [0.2, 0.25) is 0 Å². The van der Waals surface area contributed by atoms with Gasteiger partial charge in [0.05, 0.1) is 11.4 Å². The molecule has 4 heterocycles. The molecule has 0 saturated carbocycles. The number of amides is 1. The number of nitrogens with zero attached hydrogens (tertiary/aromatic N) is 6. The van der Waals surface area contributed by atoms with Gasteiger partial charge < -0.3 is 20.1 Å². The molecule has 226 valence electrons. The number of likely N-dealkylation sites (tertiary alicyclic amines) is 1. The third-order valence-corrected chi connectivity index (χ3v) is 7.91. The summed E-state index contributed by atoms with van der Waals surface area (Å²) in [4.78, 5) is 23.5. The van der Waals surface area contributed by atoms with Crippen LogP contribution in [0, 0.1) is 34.7 Å². The second-order valence-corrected chi connectivity index (χ2v) is 10.7. The van der Waals surface area contributed by atoms with Gasteiger partial charge in [-0.1, -0.05) is 12.1 Å². The third kappa shape index (κ3) is 5.68. The Balaban J connectivity index is 1.30. The van der Waals surface area contributed by atoms with Crippen LogP contribution < -0.4 is 10.5 Å². The largest absolute Gasteiger partial charge is 0.454 e. The Morgan fingerprint density at radius 3 is 2.70 bits per heavy atom. The number of nitrogen functional groups attached to an aromatic ring is 1. The first-order valence-corrected chi connectivity index (χ1v) is 14.2. The number of aromatic nitrogens is 4. The number of hydrogen-bond donors (Lipinski definition) is 1. The highest BCUT2D eigenvalue weighted by Crippen LogP contribution is 2.37. The second-order valence-electron chi connectivity index (χ2n) is 10.7. The van der Waals surface area contributed by atoms with E-state index in [9.17, 15) is 18.8 Å². The lowest BCUT2D eigenvalue weighted by molar-refractivity contribution is -0.128. The van der Waals surface area contributed by atoms with Crippen molar-refractivity contribution in [3.8, 4) is 28.8 Å². The predicted molar refractivity (Wildman–Crippen MR) is 154 cm³/mol. The fourth-order valence-electron chi connectivity index (χ4n) is 5.66. The summed E-state index contributed by atoms with van der Waals surface area (Å²) >= 11 is 0. The third-order valence-electron chi connectivity index (χ3n) is 7.91. The van der Waals surface area contributed by atoms with E-state index in [0.29, 0.717) is 43.6 Å². The van der Waals surface area contributed by atoms with Crippen molar-refractivity contribution in [3.05, 3.63) is 71.8 Å². The van der Waals surface area contributed by atoms with Crippen molar-refractivity contribution in [1.29, 1.82) is 5.26 Å². The van der Waals surface area contributed by atoms with E-state index in [2.05, 4.69) is 16.0 Å². The van der Waals surface area contributed by atoms with Crippen molar-refractivity contribution in [2.45, 2.75) is 31.7 Å². The van der Waals surface area contributed by atoms with E-state index in [1.807, 2.05) is 0 Å². The topological polar surface area (TPSA) is 132 Å². The van der Waals surface area contributed by atoms with Crippen LogP contribution in [0.4, 0.5) is 19.0 Å². The van der Waals surface area contributed by atoms with Crippen LogP contribution in [-0.4, -0.2) is 56.9 Å². The highest BCUT2D eigenvalue weighted by atomic mass is 19.2. The Kier molecular flexibility index (Phi) is 8.17. The molecule has 2 aliphatic rings. The van der Waals surface area contributed by atoms with Crippen molar-refractivity contribution >= 4 is 22.8 Å². The molecule has 2 N–H and O–H groups in total. The smallest absolute Gasteiger partial charge is 0.264 e. The van der Waals surface area contributed by atoms with Gasteiger partial charge >= 0.3 is 0 Å². The van der Waals surface area contributed by atoms with E-state index >= 15 is 4.39 Å². The van der Waals surface area contributed by atoms with Crippen LogP contribution in [0.25, 0.3) is 22.3 Å². The number of carbonyl (C=O) groups is 1. The SMILES string of the molecule is N#C/C(=C\C1CCOCC1)C(=O)N1CCC[C@H](n2nc(-c3ccc(Oc4cccc(F)c4F)cc3F)c3c(N)ncnc32)C1. The Labute approximate surface area is 250 Å². The molecule has 0 unspecified atom stereocenters. The average Bonchev–Trinajstić information content (AvgIpc) is 3.43. The zero-order valence-corrected chi connectivity index (χ0v) is 23.5. The number of anilines is 1. The molecule has 6 rings (SSSR count). The van der Waals surface area contributed by atoms with E-state index in [0.717, 1.165) is 25.0 Å². The number of halogens is 3. The Hall–Kier alpha value is -4.96. The van der Waals surface area contributed by atoms with Gasteiger partial charge in [0.1, 0.15) is 41.0 Å². The van der Waals surface area contributed by atoms with Crippen molar-refractivity contribution in [3.63, 3.8) is 0 Å². The lowest BCUT2D eigenvalue weighted by Crippen LogP contribution is -2.41. The van der Waals surface area contributed by atoms with Crippen LogP contribution in [0.3, 0.4) is 0 Å². The lowest BCUT2D eigenvalue weighted by Gasteiger charge is -2.33.